The summed E-state index contributed by atoms with van der Waals surface area (Å²) in [6.07, 6.45) is 3.48. The van der Waals surface area contributed by atoms with E-state index in [1.54, 1.807) is 24.3 Å². The van der Waals surface area contributed by atoms with E-state index < -0.39 is 5.82 Å². The Labute approximate surface area is 221 Å². The highest BCUT2D eigenvalue weighted by Gasteiger charge is 2.11. The first-order chi connectivity index (χ1) is 18.0. The van der Waals surface area contributed by atoms with Crippen molar-refractivity contribution in [2.24, 2.45) is 0 Å². The Morgan fingerprint density at radius 1 is 0.811 bits per heavy atom. The van der Waals surface area contributed by atoms with Crippen LogP contribution >= 0.6 is 11.3 Å². The minimum atomic E-state index is -0.410. The number of amides is 2. The first kappa shape index (κ1) is 26.0. The molecule has 0 saturated carbocycles. The summed E-state index contributed by atoms with van der Waals surface area (Å²) in [7, 11) is 0. The normalized spacial score (nSPS) is 10.8. The third kappa shape index (κ3) is 7.97. The van der Waals surface area contributed by atoms with Crippen molar-refractivity contribution in [3.63, 3.8) is 0 Å². The fourth-order valence-electron chi connectivity index (χ4n) is 3.69. The molecule has 0 bridgehead atoms. The summed E-state index contributed by atoms with van der Waals surface area (Å²) in [5.74, 6) is -0.542. The number of aromatic nitrogens is 4. The Bertz CT molecular complexity index is 1370. The lowest BCUT2D eigenvalue weighted by molar-refractivity contribution is -0.116. The topological polar surface area (TPSA) is 110 Å². The summed E-state index contributed by atoms with van der Waals surface area (Å²) >= 11 is 1.39. The molecule has 0 aliphatic rings. The van der Waals surface area contributed by atoms with E-state index in [1.807, 2.05) is 37.3 Å². The Balaban J connectivity index is 0.00000267. The van der Waals surface area contributed by atoms with Gasteiger partial charge in [-0.2, -0.15) is 5.10 Å². The van der Waals surface area contributed by atoms with Gasteiger partial charge in [0.25, 0.3) is 0 Å². The van der Waals surface area contributed by atoms with E-state index in [4.69, 9.17) is 0 Å². The van der Waals surface area contributed by atoms with Gasteiger partial charge in [-0.3, -0.25) is 9.59 Å². The lowest BCUT2D eigenvalue weighted by Crippen LogP contribution is -2.16. The fraction of sp³-hybridized carbons (Fsp3) is 0.259. The molecule has 2 aromatic carbocycles. The molecule has 194 valence electrons. The second-order valence-corrected chi connectivity index (χ2v) is 9.65. The van der Waals surface area contributed by atoms with Crippen molar-refractivity contribution in [2.75, 3.05) is 10.6 Å². The summed E-state index contributed by atoms with van der Waals surface area (Å²) in [6.45, 7) is 1.99. The number of rotatable bonds is 11. The highest BCUT2D eigenvalue weighted by Crippen LogP contribution is 2.18. The highest BCUT2D eigenvalue weighted by molar-refractivity contribution is 7.15. The maximum absolute atomic E-state index is 13.7. The molecule has 2 aromatic heterocycles. The summed E-state index contributed by atoms with van der Waals surface area (Å²) in [6, 6.07) is 17.5. The third-order valence-corrected chi connectivity index (χ3v) is 6.59. The Kier molecular flexibility index (Phi) is 8.98. The first-order valence-corrected chi connectivity index (χ1v) is 12.8. The van der Waals surface area contributed by atoms with Crippen LogP contribution in [0.3, 0.4) is 0 Å². The predicted octanol–water partition coefficient (Wildman–Crippen LogP) is 5.20. The molecule has 0 aliphatic heterocycles. The van der Waals surface area contributed by atoms with E-state index in [9.17, 15) is 14.0 Å². The molecule has 2 N–H and O–H groups in total. The van der Waals surface area contributed by atoms with Gasteiger partial charge in [0, 0.05) is 9.27 Å². The van der Waals surface area contributed by atoms with Gasteiger partial charge in [0.15, 0.2) is 5.82 Å². The second-order valence-electron chi connectivity index (χ2n) is 8.59. The van der Waals surface area contributed by atoms with E-state index in [-0.39, 0.29) is 21.1 Å². The minimum absolute atomic E-state index is 0. The highest BCUT2D eigenvalue weighted by atomic mass is 32.1. The number of unbranched alkanes of at least 4 members (excludes halogenated alkanes) is 1. The van der Waals surface area contributed by atoms with Gasteiger partial charge in [0.1, 0.15) is 10.8 Å². The molecular weight excluding hydrogens is 491 g/mol. The molecule has 0 unspecified atom stereocenters. The van der Waals surface area contributed by atoms with Gasteiger partial charge >= 0.3 is 0 Å². The molecule has 0 spiro atoms. The van der Waals surface area contributed by atoms with Crippen LogP contribution in [0.4, 0.5) is 15.3 Å². The molecule has 2 heterocycles. The zero-order chi connectivity index (χ0) is 26.0. The standard InChI is InChI=1S/C27H27FN6O2S.2H2/c1-18-8-2-3-9-19(18)16-25(36)30-27-34-33-26(37-27)13-7-5-11-21-14-15-23(32-31-21)29-24(35)17-20-10-4-6-12-22(20)28;;/h2-4,6,8-10,12,14-15H,5,7,11,13,16-17H2,1H3,(H,29,32,35)(H,30,34,36);2*1H. The molecule has 4 rings (SSSR count). The van der Waals surface area contributed by atoms with E-state index in [1.165, 1.54) is 17.4 Å². The third-order valence-electron chi connectivity index (χ3n) is 5.70. The van der Waals surface area contributed by atoms with Crippen molar-refractivity contribution in [1.29, 1.82) is 0 Å². The summed E-state index contributed by atoms with van der Waals surface area (Å²) in [4.78, 5) is 24.5. The Morgan fingerprint density at radius 2 is 1.51 bits per heavy atom. The summed E-state index contributed by atoms with van der Waals surface area (Å²) in [5.41, 5.74) is 3.22. The number of carbonyl (C=O) groups excluding carboxylic acids is 2. The van der Waals surface area contributed by atoms with Crippen LogP contribution in [0, 0.1) is 12.7 Å². The number of nitrogens with zero attached hydrogens (tertiary/aromatic N) is 4. The maximum Gasteiger partial charge on any atom is 0.230 e. The SMILES string of the molecule is Cc1ccccc1CC(=O)Nc1nnc(CCCCc2ccc(NC(=O)Cc3ccccc3F)nn2)s1.[HH].[HH]. The van der Waals surface area contributed by atoms with Crippen molar-refractivity contribution in [1.82, 2.24) is 20.4 Å². The Morgan fingerprint density at radius 3 is 2.27 bits per heavy atom. The van der Waals surface area contributed by atoms with Gasteiger partial charge in [-0.15, -0.1) is 15.3 Å². The zero-order valence-corrected chi connectivity index (χ0v) is 21.2. The summed E-state index contributed by atoms with van der Waals surface area (Å²) < 4.78 is 13.7. The number of hydrogen-bond acceptors (Lipinski definition) is 7. The zero-order valence-electron chi connectivity index (χ0n) is 20.4. The number of carbonyl (C=O) groups is 2. The number of hydrogen-bond donors (Lipinski definition) is 2. The maximum atomic E-state index is 13.7. The van der Waals surface area contributed by atoms with Gasteiger partial charge in [0.2, 0.25) is 16.9 Å². The number of nitrogens with one attached hydrogen (secondary N) is 2. The fourth-order valence-corrected chi connectivity index (χ4v) is 4.49. The lowest BCUT2D eigenvalue weighted by atomic mass is 10.1. The molecule has 10 heteroatoms. The predicted molar refractivity (Wildman–Crippen MR) is 145 cm³/mol. The molecule has 0 atom stereocenters. The summed E-state index contributed by atoms with van der Waals surface area (Å²) in [5, 5.41) is 23.3. The van der Waals surface area contributed by atoms with Crippen LogP contribution in [0.5, 0.6) is 0 Å². The molecule has 0 radical (unpaired) electrons. The van der Waals surface area contributed by atoms with Gasteiger partial charge in [-0.25, -0.2) is 4.39 Å². The van der Waals surface area contributed by atoms with Gasteiger partial charge < -0.3 is 10.6 Å². The van der Waals surface area contributed by atoms with Crippen LogP contribution in [0.2, 0.25) is 0 Å². The van der Waals surface area contributed by atoms with Crippen molar-refractivity contribution in [3.8, 4) is 0 Å². The molecular formula is C27H31FN6O2S. The molecule has 4 aromatic rings. The molecule has 0 fully saturated rings. The monoisotopic (exact) mass is 522 g/mol. The molecule has 2 amide bonds. The van der Waals surface area contributed by atoms with Crippen molar-refractivity contribution in [3.05, 3.63) is 93.9 Å². The molecule has 0 aliphatic carbocycles. The number of aryl methyl sites for hydroxylation is 3. The van der Waals surface area contributed by atoms with Crippen LogP contribution in [0.25, 0.3) is 0 Å². The van der Waals surface area contributed by atoms with E-state index in [2.05, 4.69) is 31.0 Å². The smallest absolute Gasteiger partial charge is 0.230 e. The lowest BCUT2D eigenvalue weighted by Gasteiger charge is -2.06. The number of halogens is 1. The minimum Gasteiger partial charge on any atom is -0.309 e. The van der Waals surface area contributed by atoms with Crippen molar-refractivity contribution >= 4 is 34.1 Å². The van der Waals surface area contributed by atoms with Crippen molar-refractivity contribution in [2.45, 2.75) is 45.4 Å². The quantitative estimate of drug-likeness (QED) is 0.262. The van der Waals surface area contributed by atoms with Gasteiger partial charge in [-0.1, -0.05) is 53.8 Å². The van der Waals surface area contributed by atoms with E-state index in [0.717, 1.165) is 47.5 Å². The molecule has 0 saturated heterocycles. The van der Waals surface area contributed by atoms with Crippen LogP contribution in [0.15, 0.2) is 60.7 Å². The largest absolute Gasteiger partial charge is 0.309 e. The van der Waals surface area contributed by atoms with Gasteiger partial charge in [0.05, 0.1) is 18.5 Å². The van der Waals surface area contributed by atoms with Crippen molar-refractivity contribution < 1.29 is 16.8 Å². The first-order valence-electron chi connectivity index (χ1n) is 12.0. The van der Waals surface area contributed by atoms with Crippen LogP contribution in [-0.4, -0.2) is 32.2 Å². The average Bonchev–Trinajstić information content (AvgIpc) is 3.32. The number of benzene rings is 2. The van der Waals surface area contributed by atoms with Crippen LogP contribution in [0.1, 0.15) is 43.1 Å². The average molecular weight is 523 g/mol. The van der Waals surface area contributed by atoms with E-state index in [0.29, 0.717) is 22.9 Å². The molecule has 8 nitrogen and oxygen atoms in total. The Hall–Kier alpha value is -4.05. The van der Waals surface area contributed by atoms with Crippen LogP contribution in [-0.2, 0) is 35.3 Å². The molecule has 37 heavy (non-hydrogen) atoms. The second kappa shape index (κ2) is 12.8. The van der Waals surface area contributed by atoms with Crippen LogP contribution < -0.4 is 10.6 Å². The number of anilines is 2. The van der Waals surface area contributed by atoms with E-state index >= 15 is 0 Å². The van der Waals surface area contributed by atoms with Gasteiger partial charge in [-0.05, 0) is 61.1 Å².